The first-order valence-electron chi connectivity index (χ1n) is 13.5. The van der Waals surface area contributed by atoms with E-state index in [-0.39, 0.29) is 24.2 Å². The molecule has 3 heterocycles. The first kappa shape index (κ1) is 27.6. The van der Waals surface area contributed by atoms with E-state index in [1.54, 1.807) is 19.1 Å². The Kier molecular flexibility index (Phi) is 8.54. The SMILES string of the molecule is COC1CN(C(=O)c2cc(C)ccc2C)CC1Oc1cccc(CSN2CCCC2c2ccc(F)nc2C)c1. The second-order valence-electron chi connectivity index (χ2n) is 10.5. The van der Waals surface area contributed by atoms with Crippen molar-refractivity contribution in [1.29, 1.82) is 0 Å². The number of carbonyl (C=O) groups is 1. The molecule has 1 amide bonds. The van der Waals surface area contributed by atoms with Crippen molar-refractivity contribution in [2.45, 2.75) is 57.6 Å². The van der Waals surface area contributed by atoms with Crippen LogP contribution in [0.15, 0.2) is 54.6 Å². The zero-order chi connectivity index (χ0) is 27.5. The van der Waals surface area contributed by atoms with Gasteiger partial charge in [0.15, 0.2) is 0 Å². The van der Waals surface area contributed by atoms with E-state index < -0.39 is 5.95 Å². The van der Waals surface area contributed by atoms with Crippen molar-refractivity contribution in [3.05, 3.63) is 94.1 Å². The summed E-state index contributed by atoms with van der Waals surface area (Å²) in [5.41, 5.74) is 5.80. The molecule has 3 atom stereocenters. The van der Waals surface area contributed by atoms with E-state index in [9.17, 15) is 9.18 Å². The van der Waals surface area contributed by atoms with Crippen LogP contribution in [-0.2, 0) is 10.5 Å². The van der Waals surface area contributed by atoms with Crippen molar-refractivity contribution < 1.29 is 18.7 Å². The van der Waals surface area contributed by atoms with E-state index in [1.165, 1.54) is 6.07 Å². The maximum absolute atomic E-state index is 13.5. The Hall–Kier alpha value is -2.94. The zero-order valence-corrected chi connectivity index (χ0v) is 23.8. The van der Waals surface area contributed by atoms with E-state index in [0.717, 1.165) is 64.4 Å². The van der Waals surface area contributed by atoms with Crippen molar-refractivity contribution in [3.63, 3.8) is 0 Å². The number of ether oxygens (including phenoxy) is 2. The first-order valence-corrected chi connectivity index (χ1v) is 14.4. The molecule has 2 aliphatic rings. The Morgan fingerprint density at radius 2 is 1.90 bits per heavy atom. The van der Waals surface area contributed by atoms with Gasteiger partial charge in [0.1, 0.15) is 18.0 Å². The van der Waals surface area contributed by atoms with E-state index in [2.05, 4.69) is 21.4 Å². The summed E-state index contributed by atoms with van der Waals surface area (Å²) in [7, 11) is 1.67. The molecular formula is C31H36FN3O3S. The first-order chi connectivity index (χ1) is 18.8. The minimum Gasteiger partial charge on any atom is -0.486 e. The van der Waals surface area contributed by atoms with E-state index >= 15 is 0 Å². The van der Waals surface area contributed by atoms with Crippen LogP contribution >= 0.6 is 11.9 Å². The fraction of sp³-hybridized carbons (Fsp3) is 0.419. The molecule has 0 radical (unpaired) electrons. The van der Waals surface area contributed by atoms with Gasteiger partial charge in [-0.15, -0.1) is 0 Å². The van der Waals surface area contributed by atoms with Crippen LogP contribution in [0.4, 0.5) is 4.39 Å². The highest BCUT2D eigenvalue weighted by Crippen LogP contribution is 2.39. The highest BCUT2D eigenvalue weighted by molar-refractivity contribution is 7.96. The summed E-state index contributed by atoms with van der Waals surface area (Å²) in [6.45, 7) is 7.81. The van der Waals surface area contributed by atoms with Gasteiger partial charge in [0.2, 0.25) is 5.95 Å². The van der Waals surface area contributed by atoms with Gasteiger partial charge in [-0.25, -0.2) is 9.29 Å². The van der Waals surface area contributed by atoms with Crippen molar-refractivity contribution in [2.75, 3.05) is 26.7 Å². The molecule has 2 saturated heterocycles. The highest BCUT2D eigenvalue weighted by atomic mass is 32.2. The van der Waals surface area contributed by atoms with Crippen molar-refractivity contribution in [1.82, 2.24) is 14.2 Å². The average molecular weight is 550 g/mol. The summed E-state index contributed by atoms with van der Waals surface area (Å²) in [6.07, 6.45) is 1.70. The number of hydrogen-bond donors (Lipinski definition) is 0. The number of benzene rings is 2. The molecule has 206 valence electrons. The Bertz CT molecular complexity index is 1340. The van der Waals surface area contributed by atoms with Crippen molar-refractivity contribution >= 4 is 17.9 Å². The Morgan fingerprint density at radius 1 is 1.08 bits per heavy atom. The molecule has 0 N–H and O–H groups in total. The molecule has 3 unspecified atom stereocenters. The van der Waals surface area contributed by atoms with Crippen molar-refractivity contribution in [2.24, 2.45) is 0 Å². The molecule has 2 fully saturated rings. The van der Waals surface area contributed by atoms with E-state index in [0.29, 0.717) is 13.1 Å². The number of aryl methyl sites for hydroxylation is 3. The summed E-state index contributed by atoms with van der Waals surface area (Å²) in [6, 6.07) is 17.7. The largest absolute Gasteiger partial charge is 0.486 e. The third kappa shape index (κ3) is 6.29. The number of hydrogen-bond acceptors (Lipinski definition) is 6. The van der Waals surface area contributed by atoms with Gasteiger partial charge >= 0.3 is 0 Å². The average Bonchev–Trinajstić information content (AvgIpc) is 3.55. The third-order valence-corrected chi connectivity index (χ3v) is 8.90. The van der Waals surface area contributed by atoms with Gasteiger partial charge in [-0.05, 0) is 74.6 Å². The molecular weight excluding hydrogens is 513 g/mol. The maximum atomic E-state index is 13.5. The lowest BCUT2D eigenvalue weighted by atomic mass is 10.0. The fourth-order valence-electron chi connectivity index (χ4n) is 5.53. The van der Waals surface area contributed by atoms with E-state index in [1.807, 2.05) is 62.1 Å². The Labute approximate surface area is 234 Å². The second-order valence-corrected chi connectivity index (χ2v) is 11.5. The van der Waals surface area contributed by atoms with Gasteiger partial charge in [0, 0.05) is 36.7 Å². The third-order valence-electron chi connectivity index (χ3n) is 7.67. The summed E-state index contributed by atoms with van der Waals surface area (Å²) < 4.78 is 28.0. The van der Waals surface area contributed by atoms with Gasteiger partial charge in [-0.2, -0.15) is 4.39 Å². The minimum absolute atomic E-state index is 0.0151. The molecule has 5 rings (SSSR count). The molecule has 2 aromatic carbocycles. The Morgan fingerprint density at radius 3 is 2.69 bits per heavy atom. The minimum atomic E-state index is -0.430. The Balaban J connectivity index is 1.22. The van der Waals surface area contributed by atoms with E-state index in [4.69, 9.17) is 9.47 Å². The fourth-order valence-corrected chi connectivity index (χ4v) is 6.68. The number of pyridine rings is 1. The molecule has 6 nitrogen and oxygen atoms in total. The zero-order valence-electron chi connectivity index (χ0n) is 23.0. The standard InChI is InChI=1S/C31H36FN3O3S/c1-20-10-11-21(2)26(15-20)31(36)34-17-28(37-4)29(18-34)38-24-8-5-7-23(16-24)19-39-35-14-6-9-27(35)25-12-13-30(32)33-22(25)3/h5,7-8,10-13,15-16,27-29H,6,9,14,17-19H2,1-4H3. The molecule has 0 saturated carbocycles. The quantitative estimate of drug-likeness (QED) is 0.252. The van der Waals surface area contributed by atoms with Crippen LogP contribution < -0.4 is 4.74 Å². The molecule has 3 aromatic rings. The highest BCUT2D eigenvalue weighted by Gasteiger charge is 2.38. The van der Waals surface area contributed by atoms with Gasteiger partial charge in [-0.3, -0.25) is 4.79 Å². The van der Waals surface area contributed by atoms with Crippen LogP contribution in [0.5, 0.6) is 5.75 Å². The summed E-state index contributed by atoms with van der Waals surface area (Å²) in [5.74, 6) is 1.16. The number of carbonyl (C=O) groups excluding carboxylic acids is 1. The van der Waals surface area contributed by atoms with Crippen LogP contribution in [-0.4, -0.2) is 59.0 Å². The van der Waals surface area contributed by atoms with Gasteiger partial charge < -0.3 is 14.4 Å². The van der Waals surface area contributed by atoms with Gasteiger partial charge in [0.05, 0.1) is 13.1 Å². The molecule has 0 bridgehead atoms. The normalized spacial score (nSPS) is 21.5. The molecule has 2 aliphatic heterocycles. The number of likely N-dealkylation sites (tertiary alicyclic amines) is 1. The van der Waals surface area contributed by atoms with Gasteiger partial charge in [0.25, 0.3) is 5.91 Å². The number of methoxy groups -OCH3 is 1. The van der Waals surface area contributed by atoms with Crippen LogP contribution in [0, 0.1) is 26.7 Å². The lowest BCUT2D eigenvalue weighted by molar-refractivity contribution is 0.0339. The molecule has 1 aromatic heterocycles. The summed E-state index contributed by atoms with van der Waals surface area (Å²) in [5, 5.41) is 0. The lowest BCUT2D eigenvalue weighted by Crippen LogP contribution is -2.32. The molecule has 0 spiro atoms. The number of amides is 1. The molecule has 39 heavy (non-hydrogen) atoms. The number of rotatable bonds is 8. The smallest absolute Gasteiger partial charge is 0.254 e. The van der Waals surface area contributed by atoms with Gasteiger partial charge in [-0.1, -0.05) is 47.8 Å². The molecule has 8 heteroatoms. The van der Waals surface area contributed by atoms with Crippen LogP contribution in [0.2, 0.25) is 0 Å². The predicted octanol–water partition coefficient (Wildman–Crippen LogP) is 6.05. The van der Waals surface area contributed by atoms with Crippen molar-refractivity contribution in [3.8, 4) is 5.75 Å². The number of nitrogens with zero attached hydrogens (tertiary/aromatic N) is 3. The summed E-state index contributed by atoms with van der Waals surface area (Å²) in [4.78, 5) is 19.2. The van der Waals surface area contributed by atoms with Crippen LogP contribution in [0.3, 0.4) is 0 Å². The number of aromatic nitrogens is 1. The second kappa shape index (κ2) is 12.1. The predicted molar refractivity (Wildman–Crippen MR) is 152 cm³/mol. The summed E-state index contributed by atoms with van der Waals surface area (Å²) >= 11 is 1.79. The molecule has 0 aliphatic carbocycles. The lowest BCUT2D eigenvalue weighted by Gasteiger charge is -2.25. The monoisotopic (exact) mass is 549 g/mol. The maximum Gasteiger partial charge on any atom is 0.254 e. The topological polar surface area (TPSA) is 54.9 Å². The number of halogens is 1. The van der Waals surface area contributed by atoms with Crippen LogP contribution in [0.1, 0.15) is 57.2 Å². The van der Waals surface area contributed by atoms with Crippen LogP contribution in [0.25, 0.3) is 0 Å².